The fourth-order valence-corrected chi connectivity index (χ4v) is 3.29. The first-order chi connectivity index (χ1) is 13.8. The number of carbonyl (C=O) groups excluding carboxylic acids is 1. The number of aromatic nitrogens is 2. The smallest absolute Gasteiger partial charge is 0.334 e. The number of non-ortho nitro benzene ring substituents is 1. The minimum absolute atomic E-state index is 0.0355. The average molecular weight is 398 g/mol. The van der Waals surface area contributed by atoms with Gasteiger partial charge in [-0.3, -0.25) is 24.7 Å². The van der Waals surface area contributed by atoms with Crippen LogP contribution in [0.1, 0.15) is 11.5 Å². The Balaban J connectivity index is 2.25. The van der Waals surface area contributed by atoms with Gasteiger partial charge in [0, 0.05) is 30.4 Å². The molecule has 0 spiro atoms. The summed E-state index contributed by atoms with van der Waals surface area (Å²) in [6.07, 6.45) is 4.68. The fraction of sp³-hybridized carbons (Fsp3) is 0.167. The second kappa shape index (κ2) is 7.84. The van der Waals surface area contributed by atoms with Gasteiger partial charge in [-0.05, 0) is 5.56 Å². The van der Waals surface area contributed by atoms with Crippen molar-refractivity contribution in [3.8, 4) is 0 Å². The summed E-state index contributed by atoms with van der Waals surface area (Å²) < 4.78 is 1.51. The molecule has 3 rings (SSSR count). The molecule has 148 valence electrons. The average Bonchev–Trinajstić information content (AvgIpc) is 3.19. The highest BCUT2D eigenvalue weighted by molar-refractivity contribution is 6.34. The minimum Gasteiger partial charge on any atom is -0.481 e. The van der Waals surface area contributed by atoms with E-state index in [0.29, 0.717) is 0 Å². The maximum Gasteiger partial charge on any atom is 0.334 e. The Morgan fingerprint density at radius 2 is 2.07 bits per heavy atom. The van der Waals surface area contributed by atoms with Gasteiger partial charge in [-0.25, -0.2) is 9.78 Å². The summed E-state index contributed by atoms with van der Waals surface area (Å²) in [5.41, 5.74) is -0.998. The lowest BCUT2D eigenvalue weighted by atomic mass is 9.75. The predicted octanol–water partition coefficient (Wildman–Crippen LogP) is 1.27. The van der Waals surface area contributed by atoms with E-state index in [1.54, 1.807) is 6.20 Å². The van der Waals surface area contributed by atoms with Crippen molar-refractivity contribution in [3.63, 3.8) is 0 Å². The van der Waals surface area contributed by atoms with Gasteiger partial charge in [-0.2, -0.15) is 0 Å². The number of imidazole rings is 1. The largest absolute Gasteiger partial charge is 0.481 e. The van der Waals surface area contributed by atoms with Crippen molar-refractivity contribution in [2.45, 2.75) is 12.5 Å². The molecule has 0 amide bonds. The number of allylic oxidation sites excluding steroid dienone is 1. The van der Waals surface area contributed by atoms with Gasteiger partial charge in [0.25, 0.3) is 5.69 Å². The molecular weight excluding hydrogens is 384 g/mol. The van der Waals surface area contributed by atoms with E-state index in [9.17, 15) is 34.7 Å². The van der Waals surface area contributed by atoms with Crippen molar-refractivity contribution in [3.05, 3.63) is 69.9 Å². The molecule has 0 radical (unpaired) electrons. The predicted molar refractivity (Wildman–Crippen MR) is 97.4 cm³/mol. The Morgan fingerprint density at radius 1 is 1.31 bits per heavy atom. The molecule has 1 aromatic carbocycles. The zero-order chi connectivity index (χ0) is 21.1. The number of benzene rings is 1. The molecule has 0 saturated carbocycles. The normalized spacial score (nSPS) is 18.8. The number of hydrogen-bond donors (Lipinski definition) is 2. The molecule has 2 heterocycles. The van der Waals surface area contributed by atoms with Crippen LogP contribution in [0, 0.1) is 16.0 Å². The lowest BCUT2D eigenvalue weighted by Crippen LogP contribution is -2.37. The van der Waals surface area contributed by atoms with E-state index < -0.39 is 28.7 Å². The lowest BCUT2D eigenvalue weighted by Gasteiger charge is -2.29. The Kier molecular flexibility index (Phi) is 5.30. The van der Waals surface area contributed by atoms with Crippen LogP contribution in [0.15, 0.2) is 59.2 Å². The van der Waals surface area contributed by atoms with Crippen molar-refractivity contribution < 1.29 is 29.5 Å². The van der Waals surface area contributed by atoms with Crippen LogP contribution >= 0.6 is 0 Å². The zero-order valence-corrected chi connectivity index (χ0v) is 14.7. The summed E-state index contributed by atoms with van der Waals surface area (Å²) in [7, 11) is 0. The van der Waals surface area contributed by atoms with E-state index in [1.165, 1.54) is 35.3 Å². The van der Waals surface area contributed by atoms with Crippen LogP contribution in [0.2, 0.25) is 0 Å². The number of nitro benzene ring substituents is 1. The van der Waals surface area contributed by atoms with Crippen molar-refractivity contribution >= 4 is 29.6 Å². The van der Waals surface area contributed by atoms with Gasteiger partial charge >= 0.3 is 11.9 Å². The molecule has 0 bridgehead atoms. The third-order valence-electron chi connectivity index (χ3n) is 4.49. The second-order valence-electron chi connectivity index (χ2n) is 6.20. The summed E-state index contributed by atoms with van der Waals surface area (Å²) in [5, 5.41) is 30.7. The van der Waals surface area contributed by atoms with E-state index in [4.69, 9.17) is 0 Å². The van der Waals surface area contributed by atoms with Crippen molar-refractivity contribution in [2.75, 3.05) is 0 Å². The van der Waals surface area contributed by atoms with E-state index in [-0.39, 0.29) is 41.1 Å². The first-order valence-electron chi connectivity index (χ1n) is 8.26. The van der Waals surface area contributed by atoms with Gasteiger partial charge in [0.1, 0.15) is 5.92 Å². The quantitative estimate of drug-likeness (QED) is 0.400. The van der Waals surface area contributed by atoms with Crippen LogP contribution in [-0.2, 0) is 20.9 Å². The maximum absolute atomic E-state index is 12.1. The van der Waals surface area contributed by atoms with Crippen molar-refractivity contribution in [1.29, 1.82) is 0 Å². The Morgan fingerprint density at radius 3 is 2.62 bits per heavy atom. The minimum atomic E-state index is -1.60. The molecule has 2 N–H and O–H groups in total. The number of hydrogen-bond acceptors (Lipinski definition) is 7. The molecule has 11 heteroatoms. The number of rotatable bonds is 7. The third kappa shape index (κ3) is 3.78. The number of carboxylic acids is 2. The van der Waals surface area contributed by atoms with E-state index in [2.05, 4.69) is 9.98 Å². The first kappa shape index (κ1) is 19.6. The SMILES string of the molecule is O=CC1=NC(Cn2ccnc2)=C(C(=O)O)C(c2cccc([N+](=O)[O-])c2)C1C(=O)O. The molecule has 2 atom stereocenters. The molecule has 2 unspecified atom stereocenters. The summed E-state index contributed by atoms with van der Waals surface area (Å²) in [4.78, 5) is 53.9. The van der Waals surface area contributed by atoms with Gasteiger partial charge in [0.2, 0.25) is 0 Å². The van der Waals surface area contributed by atoms with Crippen LogP contribution < -0.4 is 0 Å². The fourth-order valence-electron chi connectivity index (χ4n) is 3.29. The monoisotopic (exact) mass is 398 g/mol. The number of aliphatic imine (C=N–C) groups is 1. The summed E-state index contributed by atoms with van der Waals surface area (Å²) in [6.45, 7) is -0.0727. The van der Waals surface area contributed by atoms with Gasteiger partial charge < -0.3 is 14.8 Å². The standard InChI is InChI=1S/C18H14N4O7/c23-8-13-16(18(26)27)14(10-2-1-3-11(6-10)22(28)29)15(17(24)25)12(20-13)7-21-5-4-19-9-21/h1-6,8-9,14,16H,7H2,(H,24,25)(H,26,27). The topological polar surface area (TPSA) is 165 Å². The zero-order valence-electron chi connectivity index (χ0n) is 14.7. The number of aliphatic carboxylic acids is 2. The Bertz CT molecular complexity index is 1060. The van der Waals surface area contributed by atoms with Crippen molar-refractivity contribution in [1.82, 2.24) is 9.55 Å². The van der Waals surface area contributed by atoms with E-state index >= 15 is 0 Å². The van der Waals surface area contributed by atoms with Gasteiger partial charge in [0.05, 0.1) is 34.8 Å². The van der Waals surface area contributed by atoms with Crippen LogP contribution in [0.3, 0.4) is 0 Å². The van der Waals surface area contributed by atoms with Crippen LogP contribution in [0.4, 0.5) is 5.69 Å². The molecule has 1 aliphatic rings. The van der Waals surface area contributed by atoms with E-state index in [1.807, 2.05) is 0 Å². The van der Waals surface area contributed by atoms with Gasteiger partial charge in [-0.15, -0.1) is 0 Å². The molecule has 29 heavy (non-hydrogen) atoms. The summed E-state index contributed by atoms with van der Waals surface area (Å²) in [6, 6.07) is 5.02. The Labute approximate surface area is 162 Å². The van der Waals surface area contributed by atoms with Crippen LogP contribution in [0.25, 0.3) is 0 Å². The van der Waals surface area contributed by atoms with Gasteiger partial charge in [0.15, 0.2) is 6.29 Å². The first-order valence-corrected chi connectivity index (χ1v) is 8.26. The molecule has 0 aliphatic carbocycles. The Hall–Kier alpha value is -4.15. The molecular formula is C18H14N4O7. The lowest BCUT2D eigenvalue weighted by molar-refractivity contribution is -0.384. The summed E-state index contributed by atoms with van der Waals surface area (Å²) >= 11 is 0. The molecule has 1 aromatic heterocycles. The third-order valence-corrected chi connectivity index (χ3v) is 4.49. The number of carboxylic acid groups (broad SMARTS) is 2. The number of carbonyl (C=O) groups is 3. The number of nitrogens with zero attached hydrogens (tertiary/aromatic N) is 4. The highest BCUT2D eigenvalue weighted by Crippen LogP contribution is 2.40. The summed E-state index contributed by atoms with van der Waals surface area (Å²) in [5.74, 6) is -5.85. The maximum atomic E-state index is 12.1. The van der Waals surface area contributed by atoms with Crippen LogP contribution in [0.5, 0.6) is 0 Å². The van der Waals surface area contributed by atoms with Gasteiger partial charge in [-0.1, -0.05) is 12.1 Å². The van der Waals surface area contributed by atoms with Crippen LogP contribution in [-0.4, -0.2) is 48.6 Å². The highest BCUT2D eigenvalue weighted by atomic mass is 16.6. The molecule has 0 saturated heterocycles. The molecule has 1 aliphatic heterocycles. The van der Waals surface area contributed by atoms with Crippen molar-refractivity contribution in [2.24, 2.45) is 10.9 Å². The number of nitro groups is 1. The molecule has 0 fully saturated rings. The highest BCUT2D eigenvalue weighted by Gasteiger charge is 2.43. The molecule has 2 aromatic rings. The van der Waals surface area contributed by atoms with E-state index in [0.717, 1.165) is 6.07 Å². The number of aldehydes is 1. The molecule has 11 nitrogen and oxygen atoms in total. The second-order valence-corrected chi connectivity index (χ2v) is 6.20.